The van der Waals surface area contributed by atoms with Crippen LogP contribution in [0.5, 0.6) is 0 Å². The van der Waals surface area contributed by atoms with Crippen molar-refractivity contribution < 1.29 is 34.8 Å². The first-order valence-electron chi connectivity index (χ1n) is 13.1. The summed E-state index contributed by atoms with van der Waals surface area (Å²) in [5, 5.41) is 11.5. The summed E-state index contributed by atoms with van der Waals surface area (Å²) < 4.78 is 0. The minimum atomic E-state index is 0. The minimum Gasteiger partial charge on any atom is -0.512 e. The number of pyridine rings is 1. The van der Waals surface area contributed by atoms with E-state index in [-0.39, 0.29) is 37.4 Å². The standard InChI is InChI=1S/C23H14NO.C11H20O2.Ir/c1-14-11-12-17-19(13-14)23(25)22-20(17)16-9-5-6-10-18(16)21(24-22)15-7-3-2-4-8-15;1-8(2)5-10(12)7-11(13)6-9(3)4;/h2-7,9-13H,1H3;7-9,12H,5-6H2,1-4H3;/q-1;;/b;10-7-;. The molecule has 0 spiro atoms. The first-order valence-corrected chi connectivity index (χ1v) is 13.1. The summed E-state index contributed by atoms with van der Waals surface area (Å²) in [5.41, 5.74) is 6.04. The topological polar surface area (TPSA) is 67.3 Å². The average Bonchev–Trinajstić information content (AvgIpc) is 3.14. The third kappa shape index (κ3) is 6.98. The normalized spacial score (nSPS) is 12.1. The maximum atomic E-state index is 13.0. The maximum absolute atomic E-state index is 13.0. The predicted molar refractivity (Wildman–Crippen MR) is 154 cm³/mol. The maximum Gasteiger partial charge on any atom is 0.211 e. The second kappa shape index (κ2) is 13.1. The van der Waals surface area contributed by atoms with Gasteiger partial charge < -0.3 is 5.11 Å². The quantitative estimate of drug-likeness (QED) is 0.110. The molecular weight excluding hydrogens is 663 g/mol. The average molecular weight is 697 g/mol. The van der Waals surface area contributed by atoms with Crippen molar-refractivity contribution in [2.75, 3.05) is 0 Å². The summed E-state index contributed by atoms with van der Waals surface area (Å²) in [4.78, 5) is 29.0. The summed E-state index contributed by atoms with van der Waals surface area (Å²) in [6.45, 7) is 10.0. The third-order valence-electron chi connectivity index (χ3n) is 6.33. The molecule has 0 bridgehead atoms. The van der Waals surface area contributed by atoms with Crippen molar-refractivity contribution in [3.63, 3.8) is 0 Å². The number of hydrogen-bond donors (Lipinski definition) is 1. The fraction of sp³-hybridized carbons (Fsp3) is 0.265. The van der Waals surface area contributed by atoms with E-state index in [4.69, 9.17) is 4.98 Å². The Hall–Kier alpha value is -3.40. The van der Waals surface area contributed by atoms with E-state index in [9.17, 15) is 14.7 Å². The molecule has 4 nitrogen and oxygen atoms in total. The van der Waals surface area contributed by atoms with Gasteiger partial charge in [0.15, 0.2) is 5.78 Å². The summed E-state index contributed by atoms with van der Waals surface area (Å²) in [7, 11) is 0. The van der Waals surface area contributed by atoms with Gasteiger partial charge in [0, 0.05) is 50.1 Å². The number of benzene rings is 3. The van der Waals surface area contributed by atoms with Gasteiger partial charge in [-0.2, -0.15) is 0 Å². The molecule has 0 saturated carbocycles. The van der Waals surface area contributed by atoms with Crippen LogP contribution in [0.4, 0.5) is 0 Å². The number of ketones is 2. The molecule has 1 heterocycles. The van der Waals surface area contributed by atoms with Crippen LogP contribution in [0.15, 0.2) is 78.6 Å². The Morgan fingerprint density at radius 3 is 2.21 bits per heavy atom. The van der Waals surface area contributed by atoms with Crippen LogP contribution in [0.2, 0.25) is 0 Å². The molecule has 0 atom stereocenters. The van der Waals surface area contributed by atoms with Crippen molar-refractivity contribution >= 4 is 22.3 Å². The monoisotopic (exact) mass is 697 g/mol. The molecule has 39 heavy (non-hydrogen) atoms. The van der Waals surface area contributed by atoms with Crippen LogP contribution >= 0.6 is 0 Å². The summed E-state index contributed by atoms with van der Waals surface area (Å²) in [6.07, 6.45) is 2.46. The Kier molecular flexibility index (Phi) is 10.1. The summed E-state index contributed by atoms with van der Waals surface area (Å²) in [6, 6.07) is 25.2. The van der Waals surface area contributed by atoms with Crippen molar-refractivity contribution in [2.45, 2.75) is 47.5 Å². The third-order valence-corrected chi connectivity index (χ3v) is 6.33. The van der Waals surface area contributed by atoms with Gasteiger partial charge in [0.05, 0.1) is 5.76 Å². The molecule has 5 rings (SSSR count). The van der Waals surface area contributed by atoms with Gasteiger partial charge in [0.1, 0.15) is 5.69 Å². The van der Waals surface area contributed by atoms with Crippen LogP contribution in [0, 0.1) is 24.8 Å². The Morgan fingerprint density at radius 1 is 0.897 bits per heavy atom. The summed E-state index contributed by atoms with van der Waals surface area (Å²) in [5.74, 6) is 0.990. The van der Waals surface area contributed by atoms with Crippen LogP contribution in [-0.2, 0) is 24.9 Å². The second-order valence-corrected chi connectivity index (χ2v) is 10.7. The zero-order valence-corrected chi connectivity index (χ0v) is 25.4. The van der Waals surface area contributed by atoms with Gasteiger partial charge >= 0.3 is 0 Å². The van der Waals surface area contributed by atoms with Crippen molar-refractivity contribution in [1.82, 2.24) is 4.98 Å². The van der Waals surface area contributed by atoms with E-state index in [1.807, 2.05) is 83.1 Å². The van der Waals surface area contributed by atoms with E-state index in [0.29, 0.717) is 30.4 Å². The van der Waals surface area contributed by atoms with Gasteiger partial charge in [0.2, 0.25) is 5.78 Å². The van der Waals surface area contributed by atoms with E-state index in [1.54, 1.807) is 0 Å². The van der Waals surface area contributed by atoms with E-state index >= 15 is 0 Å². The number of aliphatic hydroxyl groups excluding tert-OH is 1. The number of carbonyl (C=O) groups is 2. The molecule has 0 fully saturated rings. The van der Waals surface area contributed by atoms with Gasteiger partial charge in [-0.1, -0.05) is 69.7 Å². The molecule has 0 amide bonds. The zero-order chi connectivity index (χ0) is 27.4. The largest absolute Gasteiger partial charge is 0.512 e. The molecule has 4 aromatic rings. The van der Waals surface area contributed by atoms with Crippen molar-refractivity contribution in [1.29, 1.82) is 0 Å². The number of aromatic nitrogens is 1. The Morgan fingerprint density at radius 2 is 1.56 bits per heavy atom. The molecule has 1 aliphatic carbocycles. The van der Waals surface area contributed by atoms with Gasteiger partial charge in [-0.05, 0) is 46.9 Å². The van der Waals surface area contributed by atoms with Gasteiger partial charge in [0.25, 0.3) is 0 Å². The van der Waals surface area contributed by atoms with Gasteiger partial charge in [-0.15, -0.1) is 35.9 Å². The molecule has 0 aliphatic heterocycles. The number of aryl methyl sites for hydroxylation is 1. The van der Waals surface area contributed by atoms with Crippen LogP contribution in [-0.4, -0.2) is 21.7 Å². The van der Waals surface area contributed by atoms with Gasteiger partial charge in [-0.3, -0.25) is 14.6 Å². The van der Waals surface area contributed by atoms with E-state index in [1.165, 1.54) is 6.08 Å². The van der Waals surface area contributed by atoms with E-state index < -0.39 is 0 Å². The number of aliphatic hydroxyl groups is 1. The smallest absolute Gasteiger partial charge is 0.211 e. The molecule has 3 aromatic carbocycles. The zero-order valence-electron chi connectivity index (χ0n) is 23.0. The number of nitrogens with zero attached hydrogens (tertiary/aromatic N) is 1. The Labute approximate surface area is 244 Å². The van der Waals surface area contributed by atoms with Gasteiger partial charge in [-0.25, -0.2) is 0 Å². The van der Waals surface area contributed by atoms with Crippen LogP contribution in [0.3, 0.4) is 0 Å². The minimum absolute atomic E-state index is 0. The molecule has 1 aliphatic rings. The number of hydrogen-bond acceptors (Lipinski definition) is 4. The second-order valence-electron chi connectivity index (χ2n) is 10.7. The molecule has 203 valence electrons. The number of carbonyl (C=O) groups excluding carboxylic acids is 2. The van der Waals surface area contributed by atoms with Crippen molar-refractivity contribution in [3.05, 3.63) is 101 Å². The summed E-state index contributed by atoms with van der Waals surface area (Å²) >= 11 is 0. The first kappa shape index (κ1) is 30.1. The first-order chi connectivity index (χ1) is 18.2. The fourth-order valence-electron chi connectivity index (χ4n) is 4.76. The van der Waals surface area contributed by atoms with E-state index in [0.717, 1.165) is 44.3 Å². The van der Waals surface area contributed by atoms with Crippen LogP contribution in [0.25, 0.3) is 33.2 Å². The molecular formula is C34H34IrNO3-. The number of rotatable bonds is 6. The molecule has 1 radical (unpaired) electrons. The SMILES string of the molecule is CC(C)CC(=O)/C=C(\O)CC(C)C.Cc1ccc2c(c1)C(=O)c1nc(-c3[c-]cccc3)c3ccccc3c1-2.[Ir]. The van der Waals surface area contributed by atoms with Crippen LogP contribution < -0.4 is 0 Å². The molecule has 0 unspecified atom stereocenters. The van der Waals surface area contributed by atoms with Crippen molar-refractivity contribution in [3.8, 4) is 22.4 Å². The van der Waals surface area contributed by atoms with Crippen molar-refractivity contribution in [2.24, 2.45) is 11.8 Å². The molecule has 1 N–H and O–H groups in total. The number of allylic oxidation sites excluding steroid dienone is 2. The number of fused-ring (bicyclic) bond motifs is 5. The van der Waals surface area contributed by atoms with E-state index in [2.05, 4.69) is 24.3 Å². The fourth-order valence-corrected chi connectivity index (χ4v) is 4.76. The molecule has 5 heteroatoms. The predicted octanol–water partition coefficient (Wildman–Crippen LogP) is 8.31. The molecule has 1 aromatic heterocycles. The Balaban J connectivity index is 0.000000260. The Bertz CT molecular complexity index is 1520. The molecule has 0 saturated heterocycles. The van der Waals surface area contributed by atoms with Crippen LogP contribution in [0.1, 0.15) is 62.2 Å².